The maximum atomic E-state index is 13.7. The van der Waals surface area contributed by atoms with Gasteiger partial charge in [0.05, 0.1) is 22.5 Å². The highest BCUT2D eigenvalue weighted by Gasteiger charge is 2.37. The van der Waals surface area contributed by atoms with Gasteiger partial charge in [-0.25, -0.2) is 26.3 Å². The molecule has 0 radical (unpaired) electrons. The van der Waals surface area contributed by atoms with Crippen molar-refractivity contribution in [3.8, 4) is 6.07 Å². The Morgan fingerprint density at radius 3 is 1.66 bits per heavy atom. The van der Waals surface area contributed by atoms with E-state index in [4.69, 9.17) is 11.0 Å². The lowest BCUT2D eigenvalue weighted by Gasteiger charge is -2.28. The van der Waals surface area contributed by atoms with E-state index in [1.807, 2.05) is 0 Å². The third kappa shape index (κ3) is 6.93. The number of pyridine rings is 2. The van der Waals surface area contributed by atoms with Gasteiger partial charge in [-0.3, -0.25) is 14.8 Å². The van der Waals surface area contributed by atoms with Gasteiger partial charge < -0.3 is 5.73 Å². The van der Waals surface area contributed by atoms with Gasteiger partial charge in [-0.15, -0.1) is 0 Å². The van der Waals surface area contributed by atoms with E-state index < -0.39 is 29.4 Å². The van der Waals surface area contributed by atoms with Gasteiger partial charge in [0.15, 0.2) is 0 Å². The molecular weight excluding hydrogens is 474 g/mol. The van der Waals surface area contributed by atoms with Gasteiger partial charge >= 0.3 is 0 Å². The molecule has 2 heterocycles. The Balaban J connectivity index is 0.000000196. The van der Waals surface area contributed by atoms with Crippen LogP contribution in [-0.2, 0) is 0 Å². The van der Waals surface area contributed by atoms with Crippen LogP contribution >= 0.6 is 0 Å². The van der Waals surface area contributed by atoms with Gasteiger partial charge in [0.2, 0.25) is 17.8 Å². The number of carbonyl (C=O) groups is 1. The van der Waals surface area contributed by atoms with Crippen molar-refractivity contribution >= 4 is 5.91 Å². The van der Waals surface area contributed by atoms with Crippen LogP contribution in [0.1, 0.15) is 90.5 Å². The Bertz CT molecular complexity index is 1100. The first kappa shape index (κ1) is 26.4. The molecule has 35 heavy (non-hydrogen) atoms. The average Bonchev–Trinajstić information content (AvgIpc) is 2.80. The molecule has 2 aromatic rings. The summed E-state index contributed by atoms with van der Waals surface area (Å²) in [5.74, 6) is -7.84. The van der Waals surface area contributed by atoms with Crippen LogP contribution in [0.4, 0.5) is 26.3 Å². The SMILES string of the molecule is N#Cc1cnc(C2CCC(F)(F)CC2)c(F)c1.NC(=O)c1cnc(C2CCC(F)(F)CC2)c(F)c1. The molecule has 2 aliphatic rings. The van der Waals surface area contributed by atoms with Crippen LogP contribution in [0.2, 0.25) is 0 Å². The zero-order chi connectivity index (χ0) is 25.8. The average molecular weight is 498 g/mol. The van der Waals surface area contributed by atoms with Crippen molar-refractivity contribution in [3.05, 3.63) is 58.7 Å². The molecule has 4 rings (SSSR count). The molecule has 2 fully saturated rings. The Kier molecular flexibility index (Phi) is 8.03. The molecule has 2 N–H and O–H groups in total. The number of rotatable bonds is 3. The summed E-state index contributed by atoms with van der Waals surface area (Å²) in [5, 5.41) is 8.58. The first-order chi connectivity index (χ1) is 16.4. The Morgan fingerprint density at radius 2 is 1.29 bits per heavy atom. The molecule has 0 aliphatic heterocycles. The van der Waals surface area contributed by atoms with Gasteiger partial charge in [0, 0.05) is 49.9 Å². The fraction of sp³-hybridized carbons (Fsp3) is 0.500. The zero-order valence-corrected chi connectivity index (χ0v) is 18.7. The maximum absolute atomic E-state index is 13.7. The Labute approximate surface area is 198 Å². The van der Waals surface area contributed by atoms with Crippen molar-refractivity contribution in [1.29, 1.82) is 5.26 Å². The predicted octanol–water partition coefficient (Wildman–Crippen LogP) is 6.00. The summed E-state index contributed by atoms with van der Waals surface area (Å²) in [6.07, 6.45) is 2.40. The summed E-state index contributed by atoms with van der Waals surface area (Å²) < 4.78 is 79.2. The second-order valence-corrected chi connectivity index (χ2v) is 8.92. The zero-order valence-electron chi connectivity index (χ0n) is 18.7. The van der Waals surface area contributed by atoms with Gasteiger partial charge in [-0.1, -0.05) is 0 Å². The summed E-state index contributed by atoms with van der Waals surface area (Å²) in [6, 6.07) is 3.91. The number of amides is 1. The first-order valence-electron chi connectivity index (χ1n) is 11.2. The monoisotopic (exact) mass is 498 g/mol. The number of nitriles is 1. The Morgan fingerprint density at radius 1 is 0.857 bits per heavy atom. The van der Waals surface area contributed by atoms with Crippen molar-refractivity contribution in [2.45, 2.75) is 75.0 Å². The lowest BCUT2D eigenvalue weighted by molar-refractivity contribution is -0.0392. The summed E-state index contributed by atoms with van der Waals surface area (Å²) in [6.45, 7) is 0. The standard InChI is InChI=1S/C12H13F3N2O.C12H11F3N2/c13-9-5-8(11(16)18)6-17-10(9)7-1-3-12(14,15)4-2-7;13-10-5-8(6-16)7-17-11(10)9-1-3-12(14,15)4-2-9/h5-7H,1-4H2,(H2,16,18);5,7,9H,1-4H2. The summed E-state index contributed by atoms with van der Waals surface area (Å²) >= 11 is 0. The third-order valence-corrected chi connectivity index (χ3v) is 6.36. The van der Waals surface area contributed by atoms with Gasteiger partial charge in [-0.2, -0.15) is 5.26 Å². The first-order valence-corrected chi connectivity index (χ1v) is 11.2. The second-order valence-electron chi connectivity index (χ2n) is 8.92. The van der Waals surface area contributed by atoms with Crippen LogP contribution in [0.5, 0.6) is 0 Å². The minimum absolute atomic E-state index is 0.0163. The molecule has 0 bridgehead atoms. The fourth-order valence-corrected chi connectivity index (χ4v) is 4.32. The van der Waals surface area contributed by atoms with Crippen LogP contribution in [0.3, 0.4) is 0 Å². The Hall–Kier alpha value is -3.16. The summed E-state index contributed by atoms with van der Waals surface area (Å²) in [4.78, 5) is 18.6. The number of hydrogen-bond acceptors (Lipinski definition) is 4. The van der Waals surface area contributed by atoms with Crippen molar-refractivity contribution in [2.24, 2.45) is 5.73 Å². The van der Waals surface area contributed by atoms with Gasteiger partial charge in [0.25, 0.3) is 0 Å². The van der Waals surface area contributed by atoms with Gasteiger partial charge in [0.1, 0.15) is 17.7 Å². The highest BCUT2D eigenvalue weighted by atomic mass is 19.3. The van der Waals surface area contributed by atoms with Crippen molar-refractivity contribution in [2.75, 3.05) is 0 Å². The number of carbonyl (C=O) groups excluding carboxylic acids is 1. The van der Waals surface area contributed by atoms with Crippen LogP contribution < -0.4 is 5.73 Å². The normalized spacial score (nSPS) is 19.8. The predicted molar refractivity (Wildman–Crippen MR) is 114 cm³/mol. The molecule has 0 unspecified atom stereocenters. The fourth-order valence-electron chi connectivity index (χ4n) is 4.32. The smallest absolute Gasteiger partial charge is 0.250 e. The molecule has 11 heteroatoms. The minimum Gasteiger partial charge on any atom is -0.366 e. The molecule has 0 aromatic carbocycles. The lowest BCUT2D eigenvalue weighted by atomic mass is 9.84. The van der Waals surface area contributed by atoms with Crippen molar-refractivity contribution in [3.63, 3.8) is 0 Å². The molecular formula is C24H24F6N4O. The molecule has 0 atom stereocenters. The lowest BCUT2D eigenvalue weighted by Crippen LogP contribution is -2.24. The van der Waals surface area contributed by atoms with Crippen LogP contribution in [0.25, 0.3) is 0 Å². The minimum atomic E-state index is -2.65. The maximum Gasteiger partial charge on any atom is 0.250 e. The van der Waals surface area contributed by atoms with Crippen LogP contribution in [0.15, 0.2) is 24.5 Å². The summed E-state index contributed by atoms with van der Waals surface area (Å²) in [7, 11) is 0. The van der Waals surface area contributed by atoms with Crippen LogP contribution in [0, 0.1) is 23.0 Å². The summed E-state index contributed by atoms with van der Waals surface area (Å²) in [5.41, 5.74) is 5.49. The number of hydrogen-bond donors (Lipinski definition) is 1. The molecule has 2 saturated carbocycles. The van der Waals surface area contributed by atoms with E-state index in [0.29, 0.717) is 0 Å². The number of nitrogens with two attached hydrogens (primary N) is 1. The second kappa shape index (κ2) is 10.6. The molecule has 188 valence electrons. The largest absolute Gasteiger partial charge is 0.366 e. The van der Waals surface area contributed by atoms with E-state index in [1.54, 1.807) is 6.07 Å². The molecule has 2 aromatic heterocycles. The number of halogens is 6. The topological polar surface area (TPSA) is 92.7 Å². The highest BCUT2D eigenvalue weighted by molar-refractivity contribution is 5.92. The van der Waals surface area contributed by atoms with Crippen LogP contribution in [-0.4, -0.2) is 27.7 Å². The van der Waals surface area contributed by atoms with Crippen molar-refractivity contribution in [1.82, 2.24) is 9.97 Å². The van der Waals surface area contributed by atoms with E-state index in [2.05, 4.69) is 9.97 Å². The van der Waals surface area contributed by atoms with E-state index in [1.165, 1.54) is 12.4 Å². The molecule has 2 aliphatic carbocycles. The van der Waals surface area contributed by atoms with E-state index in [9.17, 15) is 31.1 Å². The molecule has 0 spiro atoms. The molecule has 0 saturated heterocycles. The van der Waals surface area contributed by atoms with E-state index in [0.717, 1.165) is 12.1 Å². The number of alkyl halides is 4. The van der Waals surface area contributed by atoms with Crippen molar-refractivity contribution < 1.29 is 31.1 Å². The van der Waals surface area contributed by atoms with E-state index in [-0.39, 0.29) is 85.7 Å². The third-order valence-electron chi connectivity index (χ3n) is 6.36. The molecule has 1 amide bonds. The van der Waals surface area contributed by atoms with E-state index >= 15 is 0 Å². The number of nitrogens with zero attached hydrogens (tertiary/aromatic N) is 3. The quantitative estimate of drug-likeness (QED) is 0.526. The number of aromatic nitrogens is 2. The highest BCUT2D eigenvalue weighted by Crippen LogP contribution is 2.42. The molecule has 5 nitrogen and oxygen atoms in total. The number of primary amides is 1. The van der Waals surface area contributed by atoms with Gasteiger partial charge in [-0.05, 0) is 37.8 Å².